The average Bonchev–Trinajstić information content (AvgIpc) is 3.32. The predicted octanol–water partition coefficient (Wildman–Crippen LogP) is 7.89. The molecule has 11 heteroatoms. The summed E-state index contributed by atoms with van der Waals surface area (Å²) in [4.78, 5) is 38.4. The van der Waals surface area contributed by atoms with Crippen molar-refractivity contribution in [2.24, 2.45) is 0 Å². The molecule has 4 rings (SSSR count). The quantitative estimate of drug-likeness (QED) is 0.0984. The highest BCUT2D eigenvalue weighted by atomic mass is 127. The molecule has 0 saturated heterocycles. The predicted molar refractivity (Wildman–Crippen MR) is 178 cm³/mol. The smallest absolute Gasteiger partial charge is 0.341 e. The van der Waals surface area contributed by atoms with Gasteiger partial charge in [0.25, 0.3) is 0 Å². The van der Waals surface area contributed by atoms with Crippen LogP contribution in [-0.2, 0) is 17.6 Å². The Hall–Kier alpha value is -3.33. The third kappa shape index (κ3) is 7.17. The number of halogens is 2. The largest absolute Gasteiger partial charge is 0.497 e. The van der Waals surface area contributed by atoms with Crippen molar-refractivity contribution in [2.75, 3.05) is 24.4 Å². The third-order valence-electron chi connectivity index (χ3n) is 6.56. The molecule has 0 aliphatic rings. The molecule has 0 saturated carbocycles. The van der Waals surface area contributed by atoms with E-state index in [9.17, 15) is 19.5 Å². The van der Waals surface area contributed by atoms with E-state index in [2.05, 4.69) is 62.7 Å². The monoisotopic (exact) mass is 796 g/mol. The van der Waals surface area contributed by atoms with Crippen molar-refractivity contribution in [3.63, 3.8) is 0 Å². The number of unbranched alkanes of at least 4 members (excludes halogenated alkanes) is 1. The maximum absolute atomic E-state index is 14.3. The second-order valence-corrected chi connectivity index (χ2v) is 11.7. The maximum Gasteiger partial charge on any atom is 0.341 e. The number of benzene rings is 3. The molecule has 42 heavy (non-hydrogen) atoms. The minimum Gasteiger partial charge on any atom is -0.497 e. The number of ketones is 1. The van der Waals surface area contributed by atoms with E-state index in [0.717, 1.165) is 22.0 Å². The summed E-state index contributed by atoms with van der Waals surface area (Å²) in [6.45, 7) is 3.47. The van der Waals surface area contributed by atoms with Crippen LogP contribution in [0, 0.1) is 7.14 Å². The fourth-order valence-electron chi connectivity index (χ4n) is 4.50. The molecule has 0 fully saturated rings. The van der Waals surface area contributed by atoms with Crippen LogP contribution in [0.2, 0.25) is 0 Å². The lowest BCUT2D eigenvalue weighted by Crippen LogP contribution is -2.19. The van der Waals surface area contributed by atoms with Crippen LogP contribution in [0.25, 0.3) is 11.0 Å². The van der Waals surface area contributed by atoms with Gasteiger partial charge in [-0.2, -0.15) is 0 Å². The standard InChI is InChI=1S/C31H30I2N2O7/c1-4-6-7-25-27(29(38)22-15-23(32)20(5-2)28(33)30(22)41-16-26(36)37)21-14-18(10-13-24(21)42-25)35-31(39)34-17-8-11-19(40-3)12-9-17/h8-15H,4-7,16H2,1-3H3,(H,36,37)(H2,34,35,39). The Morgan fingerprint density at radius 2 is 1.67 bits per heavy atom. The number of hydrogen-bond acceptors (Lipinski definition) is 6. The van der Waals surface area contributed by atoms with Crippen LogP contribution in [0.3, 0.4) is 0 Å². The molecule has 3 aromatic carbocycles. The number of fused-ring (bicyclic) bond motifs is 1. The number of urea groups is 1. The van der Waals surface area contributed by atoms with E-state index in [1.54, 1.807) is 55.6 Å². The highest BCUT2D eigenvalue weighted by Crippen LogP contribution is 2.38. The molecule has 220 valence electrons. The van der Waals surface area contributed by atoms with Gasteiger partial charge in [0.15, 0.2) is 6.61 Å². The number of anilines is 2. The van der Waals surface area contributed by atoms with Gasteiger partial charge >= 0.3 is 12.0 Å². The summed E-state index contributed by atoms with van der Waals surface area (Å²) in [6.07, 6.45) is 2.94. The Bertz CT molecular complexity index is 1630. The lowest BCUT2D eigenvalue weighted by atomic mass is 9.96. The van der Waals surface area contributed by atoms with E-state index < -0.39 is 18.6 Å². The molecule has 0 radical (unpaired) electrons. The Labute approximate surface area is 270 Å². The number of nitrogens with one attached hydrogen (secondary N) is 2. The first-order valence-electron chi connectivity index (χ1n) is 13.3. The summed E-state index contributed by atoms with van der Waals surface area (Å²) in [5.41, 5.74) is 3.17. The number of aliphatic carboxylic acids is 1. The second-order valence-electron chi connectivity index (χ2n) is 9.42. The summed E-state index contributed by atoms with van der Waals surface area (Å²) in [7, 11) is 1.57. The zero-order valence-corrected chi connectivity index (χ0v) is 27.6. The second kappa shape index (κ2) is 14.2. The summed E-state index contributed by atoms with van der Waals surface area (Å²) < 4.78 is 18.6. The van der Waals surface area contributed by atoms with Gasteiger partial charge in [0.05, 0.1) is 21.8 Å². The maximum atomic E-state index is 14.3. The molecule has 0 unspecified atom stereocenters. The minimum absolute atomic E-state index is 0.240. The fourth-order valence-corrected chi connectivity index (χ4v) is 7.09. The Morgan fingerprint density at radius 1 is 0.976 bits per heavy atom. The van der Waals surface area contributed by atoms with Gasteiger partial charge in [0.2, 0.25) is 5.78 Å². The van der Waals surface area contributed by atoms with Crippen molar-refractivity contribution in [1.82, 2.24) is 0 Å². The van der Waals surface area contributed by atoms with Crippen LogP contribution in [0.5, 0.6) is 11.5 Å². The lowest BCUT2D eigenvalue weighted by molar-refractivity contribution is -0.139. The summed E-state index contributed by atoms with van der Waals surface area (Å²) in [5, 5.41) is 15.4. The van der Waals surface area contributed by atoms with Gasteiger partial charge in [0, 0.05) is 26.8 Å². The van der Waals surface area contributed by atoms with Crippen LogP contribution < -0.4 is 20.1 Å². The topological polar surface area (TPSA) is 127 Å². The van der Waals surface area contributed by atoms with Crippen molar-refractivity contribution in [1.29, 1.82) is 0 Å². The first kappa shape index (κ1) is 31.6. The highest BCUT2D eigenvalue weighted by molar-refractivity contribution is 14.1. The number of furan rings is 1. The van der Waals surface area contributed by atoms with Crippen LogP contribution in [0.1, 0.15) is 53.9 Å². The van der Waals surface area contributed by atoms with Gasteiger partial charge < -0.3 is 29.6 Å². The lowest BCUT2D eigenvalue weighted by Gasteiger charge is -2.16. The number of carbonyl (C=O) groups excluding carboxylic acids is 2. The van der Waals surface area contributed by atoms with Gasteiger partial charge in [-0.1, -0.05) is 20.3 Å². The van der Waals surface area contributed by atoms with Gasteiger partial charge in [-0.3, -0.25) is 4.79 Å². The molecule has 0 spiro atoms. The average molecular weight is 796 g/mol. The molecule has 0 aliphatic carbocycles. The first-order valence-corrected chi connectivity index (χ1v) is 15.5. The summed E-state index contributed by atoms with van der Waals surface area (Å²) in [6, 6.07) is 13.4. The minimum atomic E-state index is -1.14. The van der Waals surface area contributed by atoms with Gasteiger partial charge in [-0.05, 0) is 112 Å². The number of carboxylic acid groups (broad SMARTS) is 1. The Kier molecular flexibility index (Phi) is 10.7. The molecule has 2 amide bonds. The molecule has 4 aromatic rings. The third-order valence-corrected chi connectivity index (χ3v) is 8.66. The fraction of sp³-hybridized carbons (Fsp3) is 0.258. The molecule has 0 aliphatic heterocycles. The number of aryl methyl sites for hydroxylation is 1. The van der Waals surface area contributed by atoms with E-state index in [1.807, 2.05) is 6.92 Å². The molecule has 1 aromatic heterocycles. The SMILES string of the molecule is CCCCc1oc2ccc(NC(=O)Nc3ccc(OC)cc3)cc2c1C(=O)c1cc(I)c(CC)c(I)c1OCC(=O)O. The van der Waals surface area contributed by atoms with Gasteiger partial charge in [0.1, 0.15) is 22.8 Å². The highest BCUT2D eigenvalue weighted by Gasteiger charge is 2.28. The number of carbonyl (C=O) groups is 3. The van der Waals surface area contributed by atoms with Crippen LogP contribution in [0.15, 0.2) is 52.9 Å². The van der Waals surface area contributed by atoms with Crippen molar-refractivity contribution >= 4 is 85.3 Å². The number of rotatable bonds is 12. The molecule has 1 heterocycles. The van der Waals surface area contributed by atoms with Crippen molar-refractivity contribution < 1.29 is 33.4 Å². The van der Waals surface area contributed by atoms with Crippen LogP contribution >= 0.6 is 45.2 Å². The number of ether oxygens (including phenoxy) is 2. The van der Waals surface area contributed by atoms with Gasteiger partial charge in [-0.15, -0.1) is 0 Å². The number of amides is 2. The van der Waals surface area contributed by atoms with E-state index in [0.29, 0.717) is 55.8 Å². The van der Waals surface area contributed by atoms with E-state index in [1.165, 1.54) is 0 Å². The molecular weight excluding hydrogens is 766 g/mol. The van der Waals surface area contributed by atoms with Gasteiger partial charge in [-0.25, -0.2) is 9.59 Å². The molecular formula is C31H30I2N2O7. The van der Waals surface area contributed by atoms with E-state index in [-0.39, 0.29) is 17.1 Å². The Morgan fingerprint density at radius 3 is 2.31 bits per heavy atom. The van der Waals surface area contributed by atoms with E-state index in [4.69, 9.17) is 13.9 Å². The molecule has 3 N–H and O–H groups in total. The molecule has 0 atom stereocenters. The first-order chi connectivity index (χ1) is 20.2. The Balaban J connectivity index is 1.75. The zero-order chi connectivity index (χ0) is 30.4. The van der Waals surface area contributed by atoms with Crippen LogP contribution in [0.4, 0.5) is 16.2 Å². The van der Waals surface area contributed by atoms with Crippen molar-refractivity contribution in [3.8, 4) is 11.5 Å². The van der Waals surface area contributed by atoms with Crippen LogP contribution in [-0.4, -0.2) is 36.6 Å². The number of hydrogen-bond donors (Lipinski definition) is 3. The summed E-state index contributed by atoms with van der Waals surface area (Å²) in [5.74, 6) is -0.0253. The van der Waals surface area contributed by atoms with E-state index >= 15 is 0 Å². The van der Waals surface area contributed by atoms with Crippen molar-refractivity contribution in [2.45, 2.75) is 39.5 Å². The number of methoxy groups -OCH3 is 1. The molecule has 0 bridgehead atoms. The number of carboxylic acids is 1. The zero-order valence-electron chi connectivity index (χ0n) is 23.3. The molecule has 9 nitrogen and oxygen atoms in total. The van der Waals surface area contributed by atoms with Crippen molar-refractivity contribution in [3.05, 3.63) is 78.1 Å². The normalized spacial score (nSPS) is 10.9. The summed E-state index contributed by atoms with van der Waals surface area (Å²) >= 11 is 4.30.